The molecule has 2 heteroatoms. The third-order valence-electron chi connectivity index (χ3n) is 2.25. The molecule has 0 aromatic carbocycles. The summed E-state index contributed by atoms with van der Waals surface area (Å²) < 4.78 is 3.46. The van der Waals surface area contributed by atoms with Crippen LogP contribution < -0.4 is 0 Å². The molecular formula is C11H21ClSn. The standard InChI is InChI=1S/C5H11.2C3H5.ClH.Sn/c1-3-5-4-2;2*1-3-2;;/h1,3-5H2,2H3;2*3H,1-2H2;1H;/q;;;;+1/p-1. The molecule has 0 N–H and O–H groups in total. The Labute approximate surface area is 90.6 Å². The van der Waals surface area contributed by atoms with Crippen molar-refractivity contribution in [1.82, 2.24) is 0 Å². The second-order valence-electron chi connectivity index (χ2n) is 3.59. The van der Waals surface area contributed by atoms with Gasteiger partial charge in [0, 0.05) is 0 Å². The third-order valence-corrected chi connectivity index (χ3v) is 15.0. The molecule has 0 aliphatic carbocycles. The van der Waals surface area contributed by atoms with Crippen LogP contribution in [0.25, 0.3) is 0 Å². The molecule has 0 aromatic rings. The Morgan fingerprint density at radius 1 is 1.15 bits per heavy atom. The van der Waals surface area contributed by atoms with E-state index in [4.69, 9.17) is 8.92 Å². The molecule has 0 rings (SSSR count). The zero-order chi connectivity index (χ0) is 10.2. The van der Waals surface area contributed by atoms with Gasteiger partial charge >= 0.3 is 91.0 Å². The Morgan fingerprint density at radius 3 is 2.08 bits per heavy atom. The van der Waals surface area contributed by atoms with Crippen LogP contribution in [0.15, 0.2) is 25.3 Å². The number of rotatable bonds is 8. The second-order valence-corrected chi connectivity index (χ2v) is 19.3. The molecule has 13 heavy (non-hydrogen) atoms. The SMILES string of the molecule is C=C[CH2][Sn]([Cl])([CH2]C=C)[CH2]CCCC. The molecule has 0 heterocycles. The van der Waals surface area contributed by atoms with Crippen LogP contribution in [-0.2, 0) is 0 Å². The van der Waals surface area contributed by atoms with E-state index in [1.54, 1.807) is 0 Å². The Hall–Kier alpha value is 0.569. The Bertz CT molecular complexity index is 144. The van der Waals surface area contributed by atoms with Crippen molar-refractivity contribution in [1.29, 1.82) is 0 Å². The number of unbranched alkanes of at least 4 members (excludes halogenated alkanes) is 2. The van der Waals surface area contributed by atoms with Crippen molar-refractivity contribution in [3.05, 3.63) is 25.3 Å². The fourth-order valence-electron chi connectivity index (χ4n) is 1.50. The molecule has 0 aliphatic rings. The van der Waals surface area contributed by atoms with Crippen LogP contribution in [0.2, 0.25) is 13.3 Å². The summed E-state index contributed by atoms with van der Waals surface area (Å²) in [7, 11) is 6.64. The molecule has 0 bridgehead atoms. The van der Waals surface area contributed by atoms with Crippen molar-refractivity contribution in [2.75, 3.05) is 0 Å². The van der Waals surface area contributed by atoms with Crippen LogP contribution in [-0.4, -0.2) is 17.3 Å². The summed E-state index contributed by atoms with van der Waals surface area (Å²) in [6, 6.07) is 0. The minimum absolute atomic E-state index is 1.09. The zero-order valence-electron chi connectivity index (χ0n) is 8.69. The number of allylic oxidation sites excluding steroid dienone is 2. The van der Waals surface area contributed by atoms with E-state index >= 15 is 0 Å². The van der Waals surface area contributed by atoms with Gasteiger partial charge in [-0.15, -0.1) is 0 Å². The van der Waals surface area contributed by atoms with Gasteiger partial charge in [-0.1, -0.05) is 0 Å². The summed E-state index contributed by atoms with van der Waals surface area (Å²) in [5.74, 6) is 0. The van der Waals surface area contributed by atoms with Gasteiger partial charge in [-0.3, -0.25) is 0 Å². The van der Waals surface area contributed by atoms with Crippen LogP contribution in [0, 0.1) is 0 Å². The van der Waals surface area contributed by atoms with Crippen LogP contribution in [0.5, 0.6) is 0 Å². The van der Waals surface area contributed by atoms with Crippen LogP contribution in [0.3, 0.4) is 0 Å². The Morgan fingerprint density at radius 2 is 1.69 bits per heavy atom. The van der Waals surface area contributed by atoms with Crippen molar-refractivity contribution in [2.24, 2.45) is 0 Å². The summed E-state index contributed by atoms with van der Waals surface area (Å²) in [5, 5.41) is 0. The topological polar surface area (TPSA) is 0 Å². The van der Waals surface area contributed by atoms with E-state index in [9.17, 15) is 0 Å². The fourth-order valence-corrected chi connectivity index (χ4v) is 11.0. The van der Waals surface area contributed by atoms with Crippen molar-refractivity contribution in [3.8, 4) is 0 Å². The fraction of sp³-hybridized carbons (Fsp3) is 0.636. The van der Waals surface area contributed by atoms with E-state index in [0.29, 0.717) is 0 Å². The predicted octanol–water partition coefficient (Wildman–Crippen LogP) is 4.73. The van der Waals surface area contributed by atoms with E-state index in [2.05, 4.69) is 20.1 Å². The van der Waals surface area contributed by atoms with Gasteiger partial charge in [-0.05, 0) is 0 Å². The quantitative estimate of drug-likeness (QED) is 0.345. The summed E-state index contributed by atoms with van der Waals surface area (Å²) >= 11 is -2.29. The van der Waals surface area contributed by atoms with Crippen LogP contribution >= 0.6 is 8.92 Å². The second kappa shape index (κ2) is 7.93. The molecule has 0 radical (unpaired) electrons. The maximum absolute atomic E-state index is 6.64. The monoisotopic (exact) mass is 308 g/mol. The van der Waals surface area contributed by atoms with Gasteiger partial charge in [0.25, 0.3) is 0 Å². The summed E-state index contributed by atoms with van der Waals surface area (Å²) in [5.41, 5.74) is 0. The van der Waals surface area contributed by atoms with Gasteiger partial charge in [0.2, 0.25) is 0 Å². The van der Waals surface area contributed by atoms with Gasteiger partial charge in [0.1, 0.15) is 0 Å². The van der Waals surface area contributed by atoms with Crippen molar-refractivity contribution in [3.63, 3.8) is 0 Å². The van der Waals surface area contributed by atoms with E-state index in [0.717, 1.165) is 8.87 Å². The van der Waals surface area contributed by atoms with Crippen LogP contribution in [0.4, 0.5) is 0 Å². The molecule has 0 spiro atoms. The number of hydrogen-bond donors (Lipinski definition) is 0. The molecule has 0 aromatic heterocycles. The van der Waals surface area contributed by atoms with Crippen molar-refractivity contribution in [2.45, 2.75) is 39.5 Å². The van der Waals surface area contributed by atoms with Gasteiger partial charge < -0.3 is 0 Å². The Kier molecular flexibility index (Phi) is 8.27. The molecule has 0 aliphatic heterocycles. The molecule has 0 amide bonds. The maximum atomic E-state index is 6.64. The zero-order valence-corrected chi connectivity index (χ0v) is 12.3. The normalized spacial score (nSPS) is 11.2. The van der Waals surface area contributed by atoms with Gasteiger partial charge in [-0.2, -0.15) is 0 Å². The minimum atomic E-state index is -2.29. The first-order chi connectivity index (χ1) is 6.18. The average Bonchev–Trinajstić information content (AvgIpc) is 2.05. The predicted molar refractivity (Wildman–Crippen MR) is 65.9 cm³/mol. The van der Waals surface area contributed by atoms with Gasteiger partial charge in [-0.25, -0.2) is 0 Å². The van der Waals surface area contributed by atoms with Crippen molar-refractivity contribution >= 4 is 26.2 Å². The molecule has 76 valence electrons. The average molecular weight is 307 g/mol. The number of hydrogen-bond acceptors (Lipinski definition) is 0. The summed E-state index contributed by atoms with van der Waals surface area (Å²) in [6.07, 6.45) is 7.90. The first-order valence-corrected chi connectivity index (χ1v) is 14.8. The van der Waals surface area contributed by atoms with E-state index in [-0.39, 0.29) is 0 Å². The third kappa shape index (κ3) is 6.61. The summed E-state index contributed by atoms with van der Waals surface area (Å²) in [6.45, 7) is 9.81. The molecule has 0 atom stereocenters. The van der Waals surface area contributed by atoms with E-state index in [1.165, 1.54) is 23.7 Å². The molecular weight excluding hydrogens is 286 g/mol. The molecule has 0 saturated carbocycles. The molecule has 0 unspecified atom stereocenters. The van der Waals surface area contributed by atoms with Crippen molar-refractivity contribution < 1.29 is 0 Å². The van der Waals surface area contributed by atoms with Crippen LogP contribution in [0.1, 0.15) is 26.2 Å². The molecule has 0 fully saturated rings. The first kappa shape index (κ1) is 13.6. The summed E-state index contributed by atoms with van der Waals surface area (Å²) in [4.78, 5) is 0. The molecule has 0 saturated heterocycles. The Balaban J connectivity index is 3.90. The van der Waals surface area contributed by atoms with Gasteiger partial charge in [0.05, 0.1) is 0 Å². The van der Waals surface area contributed by atoms with Gasteiger partial charge in [0.15, 0.2) is 0 Å². The van der Waals surface area contributed by atoms with E-state index < -0.39 is 17.3 Å². The first-order valence-electron chi connectivity index (χ1n) is 5.09. The molecule has 0 nitrogen and oxygen atoms in total. The van der Waals surface area contributed by atoms with E-state index in [1.807, 2.05) is 12.2 Å². The number of halogens is 1.